The smallest absolute Gasteiger partial charge is 0.260 e. The minimum atomic E-state index is -0.327. The van der Waals surface area contributed by atoms with Crippen LogP contribution in [0.4, 0.5) is 4.39 Å². The number of likely N-dealkylation sites (N-methyl/N-ethyl adjacent to an activating group) is 1. The largest absolute Gasteiger partial charge is 0.484 e. The molecule has 0 heterocycles. The molecule has 4 nitrogen and oxygen atoms in total. The summed E-state index contributed by atoms with van der Waals surface area (Å²) in [6.45, 7) is 0.199. The number of amides is 1. The second-order valence-electron chi connectivity index (χ2n) is 4.80. The fraction of sp³-hybridized carbons (Fsp3) is 0.176. The highest BCUT2D eigenvalue weighted by atomic mass is 19.1. The zero-order valence-electron chi connectivity index (χ0n) is 12.1. The Labute approximate surface area is 128 Å². The van der Waals surface area contributed by atoms with Crippen LogP contribution in [0.2, 0.25) is 0 Å². The quantitative estimate of drug-likeness (QED) is 0.853. The number of halogens is 1. The van der Waals surface area contributed by atoms with Gasteiger partial charge in [0.2, 0.25) is 0 Å². The van der Waals surface area contributed by atoms with Gasteiger partial charge < -0.3 is 9.64 Å². The maximum Gasteiger partial charge on any atom is 0.260 e. The van der Waals surface area contributed by atoms with Gasteiger partial charge in [-0.05, 0) is 42.0 Å². The van der Waals surface area contributed by atoms with E-state index in [9.17, 15) is 9.18 Å². The van der Waals surface area contributed by atoms with Crippen molar-refractivity contribution in [1.29, 1.82) is 5.26 Å². The Morgan fingerprint density at radius 1 is 1.27 bits per heavy atom. The summed E-state index contributed by atoms with van der Waals surface area (Å²) >= 11 is 0. The molecule has 0 bridgehead atoms. The van der Waals surface area contributed by atoms with Gasteiger partial charge in [0, 0.05) is 13.6 Å². The van der Waals surface area contributed by atoms with Crippen LogP contribution in [-0.4, -0.2) is 24.5 Å². The van der Waals surface area contributed by atoms with E-state index in [1.54, 1.807) is 43.4 Å². The van der Waals surface area contributed by atoms with E-state index in [1.807, 2.05) is 6.07 Å². The standard InChI is InChI=1S/C17H15FN2O2/c1-20(11-14-3-2-4-15(18)9-14)17(21)12-22-16-7-5-13(10-19)6-8-16/h2-9H,11-12H2,1H3. The van der Waals surface area contributed by atoms with Gasteiger partial charge in [-0.15, -0.1) is 0 Å². The number of carbonyl (C=O) groups is 1. The molecule has 0 unspecified atom stereocenters. The second-order valence-corrected chi connectivity index (χ2v) is 4.80. The van der Waals surface area contributed by atoms with Crippen LogP contribution in [0.1, 0.15) is 11.1 Å². The number of carbonyl (C=O) groups excluding carboxylic acids is 1. The Kier molecular flexibility index (Phi) is 5.10. The molecule has 0 saturated carbocycles. The molecular formula is C17H15FN2O2. The van der Waals surface area contributed by atoms with Crippen LogP contribution in [0, 0.1) is 17.1 Å². The summed E-state index contributed by atoms with van der Waals surface area (Å²) in [6, 6.07) is 14.6. The molecular weight excluding hydrogens is 283 g/mol. The van der Waals surface area contributed by atoms with Crippen LogP contribution in [-0.2, 0) is 11.3 Å². The van der Waals surface area contributed by atoms with E-state index in [-0.39, 0.29) is 18.3 Å². The number of hydrogen-bond donors (Lipinski definition) is 0. The van der Waals surface area contributed by atoms with Gasteiger partial charge in [0.1, 0.15) is 11.6 Å². The SMILES string of the molecule is CN(Cc1cccc(F)c1)C(=O)COc1ccc(C#N)cc1. The van der Waals surface area contributed by atoms with Crippen molar-refractivity contribution in [2.75, 3.05) is 13.7 Å². The molecule has 0 aliphatic carbocycles. The first-order chi connectivity index (χ1) is 10.6. The molecule has 1 amide bonds. The molecule has 112 valence electrons. The second kappa shape index (κ2) is 7.23. The maximum atomic E-state index is 13.1. The molecule has 0 N–H and O–H groups in total. The van der Waals surface area contributed by atoms with Gasteiger partial charge in [-0.3, -0.25) is 4.79 Å². The lowest BCUT2D eigenvalue weighted by atomic mass is 10.2. The van der Waals surface area contributed by atoms with Crippen LogP contribution in [0.5, 0.6) is 5.75 Å². The van der Waals surface area contributed by atoms with E-state index in [1.165, 1.54) is 17.0 Å². The van der Waals surface area contributed by atoms with Gasteiger partial charge in [-0.25, -0.2) is 4.39 Å². The van der Waals surface area contributed by atoms with Crippen molar-refractivity contribution in [3.05, 3.63) is 65.5 Å². The van der Waals surface area contributed by atoms with Crippen molar-refractivity contribution in [2.24, 2.45) is 0 Å². The van der Waals surface area contributed by atoms with Gasteiger partial charge in [0.05, 0.1) is 11.6 Å². The molecule has 0 fully saturated rings. The summed E-state index contributed by atoms with van der Waals surface area (Å²) in [6.07, 6.45) is 0. The van der Waals surface area contributed by atoms with E-state index < -0.39 is 0 Å². The van der Waals surface area contributed by atoms with Crippen molar-refractivity contribution in [3.8, 4) is 11.8 Å². The van der Waals surface area contributed by atoms with Crippen LogP contribution in [0.3, 0.4) is 0 Å². The van der Waals surface area contributed by atoms with Crippen LogP contribution in [0.25, 0.3) is 0 Å². The Balaban J connectivity index is 1.87. The minimum absolute atomic E-state index is 0.113. The summed E-state index contributed by atoms with van der Waals surface area (Å²) in [5.74, 6) is -0.0210. The molecule has 0 spiro atoms. The first kappa shape index (κ1) is 15.5. The lowest BCUT2D eigenvalue weighted by molar-refractivity contribution is -0.132. The maximum absolute atomic E-state index is 13.1. The topological polar surface area (TPSA) is 53.3 Å². The van der Waals surface area contributed by atoms with Gasteiger partial charge in [0.15, 0.2) is 6.61 Å². The van der Waals surface area contributed by atoms with E-state index in [4.69, 9.17) is 10.00 Å². The van der Waals surface area contributed by atoms with E-state index in [0.717, 1.165) is 0 Å². The Morgan fingerprint density at radius 3 is 2.64 bits per heavy atom. The molecule has 0 aliphatic heterocycles. The van der Waals surface area contributed by atoms with Crippen molar-refractivity contribution in [3.63, 3.8) is 0 Å². The average Bonchev–Trinajstić information content (AvgIpc) is 2.53. The third kappa shape index (κ3) is 4.32. The lowest BCUT2D eigenvalue weighted by Crippen LogP contribution is -2.30. The van der Waals surface area contributed by atoms with Crippen LogP contribution < -0.4 is 4.74 Å². The first-order valence-electron chi connectivity index (χ1n) is 6.70. The van der Waals surface area contributed by atoms with E-state index in [2.05, 4.69) is 0 Å². The van der Waals surface area contributed by atoms with Crippen molar-refractivity contribution in [1.82, 2.24) is 4.90 Å². The molecule has 2 rings (SSSR count). The highest BCUT2D eigenvalue weighted by Gasteiger charge is 2.10. The third-order valence-electron chi connectivity index (χ3n) is 3.08. The van der Waals surface area contributed by atoms with Crippen LogP contribution >= 0.6 is 0 Å². The van der Waals surface area contributed by atoms with Gasteiger partial charge in [-0.2, -0.15) is 5.26 Å². The number of ether oxygens (including phenoxy) is 1. The molecule has 0 saturated heterocycles. The van der Waals surface area contributed by atoms with Gasteiger partial charge in [-0.1, -0.05) is 12.1 Å². The predicted molar refractivity (Wildman–Crippen MR) is 79.5 cm³/mol. The number of nitrogens with zero attached hydrogens (tertiary/aromatic N) is 2. The molecule has 0 aromatic heterocycles. The van der Waals surface area contributed by atoms with Gasteiger partial charge in [0.25, 0.3) is 5.91 Å². The minimum Gasteiger partial charge on any atom is -0.484 e. The molecule has 0 aliphatic rings. The Morgan fingerprint density at radius 2 is 2.00 bits per heavy atom. The van der Waals surface area contributed by atoms with Crippen LogP contribution in [0.15, 0.2) is 48.5 Å². The van der Waals surface area contributed by atoms with Crippen molar-refractivity contribution >= 4 is 5.91 Å². The normalized spacial score (nSPS) is 9.86. The van der Waals surface area contributed by atoms with E-state index >= 15 is 0 Å². The summed E-state index contributed by atoms with van der Waals surface area (Å²) in [7, 11) is 1.63. The molecule has 0 radical (unpaired) electrons. The monoisotopic (exact) mass is 298 g/mol. The Bertz CT molecular complexity index is 693. The molecule has 5 heteroatoms. The van der Waals surface area contributed by atoms with E-state index in [0.29, 0.717) is 23.4 Å². The van der Waals surface area contributed by atoms with Crippen molar-refractivity contribution in [2.45, 2.75) is 6.54 Å². The fourth-order valence-electron chi connectivity index (χ4n) is 1.88. The third-order valence-corrected chi connectivity index (χ3v) is 3.08. The molecule has 2 aromatic rings. The summed E-state index contributed by atoms with van der Waals surface area (Å²) in [5, 5.41) is 8.70. The zero-order chi connectivity index (χ0) is 15.9. The summed E-state index contributed by atoms with van der Waals surface area (Å²) in [5.41, 5.74) is 1.25. The first-order valence-corrected chi connectivity index (χ1v) is 6.70. The number of benzene rings is 2. The fourth-order valence-corrected chi connectivity index (χ4v) is 1.88. The number of rotatable bonds is 5. The van der Waals surface area contributed by atoms with Crippen molar-refractivity contribution < 1.29 is 13.9 Å². The zero-order valence-corrected chi connectivity index (χ0v) is 12.1. The average molecular weight is 298 g/mol. The predicted octanol–water partition coefficient (Wildman–Crippen LogP) is 2.73. The Hall–Kier alpha value is -2.87. The summed E-state index contributed by atoms with van der Waals surface area (Å²) in [4.78, 5) is 13.5. The molecule has 0 atom stereocenters. The molecule has 2 aromatic carbocycles. The molecule has 22 heavy (non-hydrogen) atoms. The number of hydrogen-bond acceptors (Lipinski definition) is 3. The van der Waals surface area contributed by atoms with Gasteiger partial charge >= 0.3 is 0 Å². The lowest BCUT2D eigenvalue weighted by Gasteiger charge is -2.17. The highest BCUT2D eigenvalue weighted by Crippen LogP contribution is 2.12. The highest BCUT2D eigenvalue weighted by molar-refractivity contribution is 5.77. The number of nitriles is 1. The summed E-state index contributed by atoms with van der Waals surface area (Å²) < 4.78 is 18.5.